The Labute approximate surface area is 139 Å². The van der Waals surface area contributed by atoms with Crippen molar-refractivity contribution >= 4 is 17.6 Å². The first kappa shape index (κ1) is 18.8. The van der Waals surface area contributed by atoms with Crippen LogP contribution in [-0.4, -0.2) is 20.6 Å². The maximum Gasteiger partial charge on any atom is 0.417 e. The second kappa shape index (κ2) is 6.06. The van der Waals surface area contributed by atoms with Crippen LogP contribution in [-0.2, 0) is 12.4 Å². The summed E-state index contributed by atoms with van der Waals surface area (Å²) in [5, 5.41) is 8.08. The third kappa shape index (κ3) is 3.76. The molecule has 0 aliphatic carbocycles. The van der Waals surface area contributed by atoms with Crippen LogP contribution >= 0.6 is 11.6 Å². The van der Waals surface area contributed by atoms with Crippen LogP contribution in [0.15, 0.2) is 29.3 Å². The van der Waals surface area contributed by atoms with E-state index in [1.165, 1.54) is 0 Å². The number of aromatic nitrogens is 2. The Kier molecular flexibility index (Phi) is 4.55. The SMILES string of the molecule is O=C(O)c1cc(C(F)(F)F)cn(-c2ncc(C(F)(F)F)cc2Cl)c1=O. The van der Waals surface area contributed by atoms with Gasteiger partial charge in [0.15, 0.2) is 5.82 Å². The molecule has 0 aliphatic heterocycles. The second-order valence-electron chi connectivity index (χ2n) is 4.65. The van der Waals surface area contributed by atoms with Gasteiger partial charge in [0.05, 0.1) is 16.1 Å². The zero-order valence-electron chi connectivity index (χ0n) is 11.6. The highest BCUT2D eigenvalue weighted by Gasteiger charge is 2.34. The number of hydrogen-bond donors (Lipinski definition) is 1. The highest BCUT2D eigenvalue weighted by molar-refractivity contribution is 6.32. The fourth-order valence-electron chi connectivity index (χ4n) is 1.81. The normalized spacial score (nSPS) is 12.3. The van der Waals surface area contributed by atoms with Crippen molar-refractivity contribution in [2.24, 2.45) is 0 Å². The van der Waals surface area contributed by atoms with Gasteiger partial charge in [0.1, 0.15) is 5.56 Å². The van der Waals surface area contributed by atoms with Crippen LogP contribution in [0.5, 0.6) is 0 Å². The van der Waals surface area contributed by atoms with Gasteiger partial charge in [-0.3, -0.25) is 9.36 Å². The predicted octanol–water partition coefficient (Wildman–Crippen LogP) is 3.62. The van der Waals surface area contributed by atoms with E-state index < -0.39 is 51.4 Å². The lowest BCUT2D eigenvalue weighted by Crippen LogP contribution is -2.28. The van der Waals surface area contributed by atoms with Crippen LogP contribution in [0.2, 0.25) is 5.02 Å². The van der Waals surface area contributed by atoms with Crippen LogP contribution in [0.4, 0.5) is 26.3 Å². The molecule has 2 heterocycles. The molecular formula is C13H5ClF6N2O3. The number of aromatic carboxylic acids is 1. The Balaban J connectivity index is 2.77. The molecule has 2 aromatic rings. The van der Waals surface area contributed by atoms with Crippen LogP contribution < -0.4 is 5.56 Å². The van der Waals surface area contributed by atoms with Crippen molar-refractivity contribution < 1.29 is 36.2 Å². The van der Waals surface area contributed by atoms with Crippen LogP contribution in [0, 0.1) is 0 Å². The number of nitrogens with zero attached hydrogens (tertiary/aromatic N) is 2. The van der Waals surface area contributed by atoms with Gasteiger partial charge in [-0.15, -0.1) is 0 Å². The number of carbonyl (C=O) groups is 1. The first-order valence-corrected chi connectivity index (χ1v) is 6.50. The van der Waals surface area contributed by atoms with Gasteiger partial charge in [-0.25, -0.2) is 9.78 Å². The van der Waals surface area contributed by atoms with Crippen LogP contribution in [0.1, 0.15) is 21.5 Å². The van der Waals surface area contributed by atoms with Gasteiger partial charge in [0.25, 0.3) is 5.56 Å². The van der Waals surface area contributed by atoms with Gasteiger partial charge in [-0.05, 0) is 12.1 Å². The Morgan fingerprint density at radius 1 is 1.08 bits per heavy atom. The lowest BCUT2D eigenvalue weighted by Gasteiger charge is -2.14. The lowest BCUT2D eigenvalue weighted by atomic mass is 10.2. The molecule has 0 atom stereocenters. The number of alkyl halides is 6. The molecule has 0 radical (unpaired) electrons. The number of hydrogen-bond acceptors (Lipinski definition) is 3. The molecule has 0 saturated carbocycles. The van der Waals surface area contributed by atoms with Gasteiger partial charge in [0, 0.05) is 12.4 Å². The van der Waals surface area contributed by atoms with Crippen LogP contribution in [0.3, 0.4) is 0 Å². The molecule has 0 unspecified atom stereocenters. The van der Waals surface area contributed by atoms with Crippen molar-refractivity contribution in [2.75, 3.05) is 0 Å². The molecule has 5 nitrogen and oxygen atoms in total. The summed E-state index contributed by atoms with van der Waals surface area (Å²) in [5.74, 6) is -2.72. The van der Waals surface area contributed by atoms with Crippen molar-refractivity contribution in [1.29, 1.82) is 0 Å². The van der Waals surface area contributed by atoms with E-state index in [-0.39, 0.29) is 23.0 Å². The summed E-state index contributed by atoms with van der Waals surface area (Å²) >= 11 is 5.59. The summed E-state index contributed by atoms with van der Waals surface area (Å²) in [6, 6.07) is 0.468. The number of carboxylic acid groups (broad SMARTS) is 1. The average molecular weight is 387 g/mol. The molecule has 1 N–H and O–H groups in total. The summed E-state index contributed by atoms with van der Waals surface area (Å²) in [7, 11) is 0. The topological polar surface area (TPSA) is 72.2 Å². The first-order chi connectivity index (χ1) is 11.3. The Bertz CT molecular complexity index is 904. The monoisotopic (exact) mass is 386 g/mol. The molecule has 0 aliphatic rings. The summed E-state index contributed by atoms with van der Waals surface area (Å²) in [6.45, 7) is 0. The molecule has 0 fully saturated rings. The van der Waals surface area contributed by atoms with Crippen LogP contribution in [0.25, 0.3) is 5.82 Å². The minimum absolute atomic E-state index is 0.110. The largest absolute Gasteiger partial charge is 0.477 e. The molecular weight excluding hydrogens is 382 g/mol. The molecule has 0 amide bonds. The second-order valence-corrected chi connectivity index (χ2v) is 5.05. The molecule has 0 spiro atoms. The highest BCUT2D eigenvalue weighted by Crippen LogP contribution is 2.33. The summed E-state index contributed by atoms with van der Waals surface area (Å²) in [6.07, 6.45) is -9.37. The van der Waals surface area contributed by atoms with Gasteiger partial charge in [-0.2, -0.15) is 26.3 Å². The van der Waals surface area contributed by atoms with Crippen molar-refractivity contribution in [3.8, 4) is 5.82 Å². The maximum absolute atomic E-state index is 12.9. The molecule has 12 heteroatoms. The molecule has 0 aromatic carbocycles. The molecule has 2 rings (SSSR count). The lowest BCUT2D eigenvalue weighted by molar-refractivity contribution is -0.138. The maximum atomic E-state index is 12.9. The first-order valence-electron chi connectivity index (χ1n) is 6.12. The molecule has 0 bridgehead atoms. The van der Waals surface area contributed by atoms with Gasteiger partial charge < -0.3 is 5.11 Å². The van der Waals surface area contributed by atoms with E-state index in [2.05, 4.69) is 4.98 Å². The number of halogens is 7. The van der Waals surface area contributed by atoms with Gasteiger partial charge >= 0.3 is 18.3 Å². The zero-order valence-corrected chi connectivity index (χ0v) is 12.4. The van der Waals surface area contributed by atoms with E-state index in [0.29, 0.717) is 6.07 Å². The number of rotatable bonds is 2. The molecule has 25 heavy (non-hydrogen) atoms. The van der Waals surface area contributed by atoms with E-state index in [4.69, 9.17) is 16.7 Å². The van der Waals surface area contributed by atoms with Crippen molar-refractivity contribution in [3.63, 3.8) is 0 Å². The number of carboxylic acids is 1. The van der Waals surface area contributed by atoms with E-state index in [9.17, 15) is 35.9 Å². The highest BCUT2D eigenvalue weighted by atomic mass is 35.5. The van der Waals surface area contributed by atoms with Crippen molar-refractivity contribution in [3.05, 3.63) is 56.6 Å². The fraction of sp³-hybridized carbons (Fsp3) is 0.154. The number of pyridine rings is 2. The molecule has 134 valence electrons. The van der Waals surface area contributed by atoms with Gasteiger partial charge in [0.2, 0.25) is 0 Å². The Morgan fingerprint density at radius 3 is 2.08 bits per heavy atom. The molecule has 2 aromatic heterocycles. The van der Waals surface area contributed by atoms with Gasteiger partial charge in [-0.1, -0.05) is 11.6 Å². The summed E-state index contributed by atoms with van der Waals surface area (Å²) in [4.78, 5) is 26.2. The van der Waals surface area contributed by atoms with Crippen molar-refractivity contribution in [1.82, 2.24) is 9.55 Å². The Hall–Kier alpha value is -2.56. The van der Waals surface area contributed by atoms with E-state index in [0.717, 1.165) is 0 Å². The zero-order chi connectivity index (χ0) is 19.2. The summed E-state index contributed by atoms with van der Waals surface area (Å²) in [5.41, 5.74) is -5.48. The summed E-state index contributed by atoms with van der Waals surface area (Å²) < 4.78 is 76.5. The van der Waals surface area contributed by atoms with E-state index in [1.54, 1.807) is 0 Å². The predicted molar refractivity (Wildman–Crippen MR) is 71.8 cm³/mol. The van der Waals surface area contributed by atoms with E-state index in [1.807, 2.05) is 0 Å². The average Bonchev–Trinajstić information content (AvgIpc) is 2.45. The molecule has 0 saturated heterocycles. The Morgan fingerprint density at radius 2 is 1.64 bits per heavy atom. The minimum Gasteiger partial charge on any atom is -0.477 e. The standard InChI is InChI=1S/C13H5ClF6N2O3/c14-8-2-5(12(15,16)17)3-21-9(8)22-4-6(13(18,19)20)1-7(10(22)23)11(24)25/h1-4H,(H,24,25). The minimum atomic E-state index is -5.02. The smallest absolute Gasteiger partial charge is 0.417 e. The quantitative estimate of drug-likeness (QED) is 0.800. The third-order valence-corrected chi connectivity index (χ3v) is 3.23. The van der Waals surface area contributed by atoms with E-state index >= 15 is 0 Å². The fourth-order valence-corrected chi connectivity index (χ4v) is 2.07. The van der Waals surface area contributed by atoms with Crippen molar-refractivity contribution in [2.45, 2.75) is 12.4 Å². The third-order valence-electron chi connectivity index (χ3n) is 2.95.